The highest BCUT2D eigenvalue weighted by Crippen LogP contribution is 2.57. The van der Waals surface area contributed by atoms with E-state index in [0.29, 0.717) is 11.1 Å². The molecule has 0 unspecified atom stereocenters. The van der Waals surface area contributed by atoms with Crippen LogP contribution in [0.4, 0.5) is 0 Å². The first kappa shape index (κ1) is 11.7. The summed E-state index contributed by atoms with van der Waals surface area (Å²) in [4.78, 5) is 0. The van der Waals surface area contributed by atoms with E-state index in [-0.39, 0.29) is 0 Å². The summed E-state index contributed by atoms with van der Waals surface area (Å²) >= 11 is 0. The van der Waals surface area contributed by atoms with Crippen molar-refractivity contribution in [2.75, 3.05) is 0 Å². The van der Waals surface area contributed by atoms with Gasteiger partial charge in [-0.3, -0.25) is 0 Å². The maximum Gasteiger partial charge on any atom is 0.192 e. The molecule has 88 valence electrons. The minimum atomic E-state index is -1.53. The Morgan fingerprint density at radius 2 is 1.73 bits per heavy atom. The Labute approximate surface area is 95.7 Å². The normalized spacial score (nSPS) is 40.4. The predicted octanol–water partition coefficient (Wildman–Crippen LogP) is 4.05. The fourth-order valence-electron chi connectivity index (χ4n) is 2.70. The Morgan fingerprint density at radius 3 is 2.13 bits per heavy atom. The third-order valence-corrected chi connectivity index (χ3v) is 9.35. The van der Waals surface area contributed by atoms with Crippen LogP contribution in [0.15, 0.2) is 0 Å². The standard InChI is InChI=1S/C13H26OSi/c1-9-7-10-8-11(10)12(9)14-15(5,6)13(2,3)4/h9-12H,7-8H2,1-6H3/t9-,10+,11-,12+/m0/s1. The zero-order chi connectivity index (χ0) is 11.4. The molecule has 0 saturated heterocycles. The average molecular weight is 226 g/mol. The Balaban J connectivity index is 2.02. The topological polar surface area (TPSA) is 9.23 Å². The van der Waals surface area contributed by atoms with E-state index in [0.717, 1.165) is 17.8 Å². The summed E-state index contributed by atoms with van der Waals surface area (Å²) < 4.78 is 6.57. The number of hydrogen-bond acceptors (Lipinski definition) is 1. The minimum Gasteiger partial charge on any atom is -0.413 e. The molecular formula is C13H26OSi. The van der Waals surface area contributed by atoms with E-state index in [1.165, 1.54) is 12.8 Å². The maximum atomic E-state index is 6.57. The van der Waals surface area contributed by atoms with Crippen molar-refractivity contribution in [1.29, 1.82) is 0 Å². The van der Waals surface area contributed by atoms with Gasteiger partial charge in [-0.1, -0.05) is 27.7 Å². The molecule has 2 saturated carbocycles. The Bertz CT molecular complexity index is 252. The van der Waals surface area contributed by atoms with Crippen molar-refractivity contribution in [2.45, 2.75) is 64.8 Å². The summed E-state index contributed by atoms with van der Waals surface area (Å²) in [7, 11) is -1.53. The van der Waals surface area contributed by atoms with Crippen molar-refractivity contribution in [2.24, 2.45) is 17.8 Å². The van der Waals surface area contributed by atoms with Crippen molar-refractivity contribution in [1.82, 2.24) is 0 Å². The van der Waals surface area contributed by atoms with Gasteiger partial charge in [-0.25, -0.2) is 0 Å². The van der Waals surface area contributed by atoms with Gasteiger partial charge in [-0.15, -0.1) is 0 Å². The summed E-state index contributed by atoms with van der Waals surface area (Å²) in [6.07, 6.45) is 3.46. The summed E-state index contributed by atoms with van der Waals surface area (Å²) in [5.74, 6) is 2.76. The van der Waals surface area contributed by atoms with E-state index in [1.807, 2.05) is 0 Å². The Hall–Kier alpha value is 0.177. The van der Waals surface area contributed by atoms with Crippen LogP contribution in [-0.2, 0) is 4.43 Å². The van der Waals surface area contributed by atoms with Gasteiger partial charge in [-0.2, -0.15) is 0 Å². The molecule has 4 atom stereocenters. The van der Waals surface area contributed by atoms with Gasteiger partial charge < -0.3 is 4.43 Å². The number of hydrogen-bond donors (Lipinski definition) is 0. The molecule has 0 spiro atoms. The van der Waals surface area contributed by atoms with E-state index >= 15 is 0 Å². The van der Waals surface area contributed by atoms with Gasteiger partial charge in [0.25, 0.3) is 0 Å². The lowest BCUT2D eigenvalue weighted by molar-refractivity contribution is 0.125. The third kappa shape index (κ3) is 2.03. The molecule has 15 heavy (non-hydrogen) atoms. The van der Waals surface area contributed by atoms with Crippen molar-refractivity contribution >= 4 is 8.32 Å². The van der Waals surface area contributed by atoms with Crippen LogP contribution in [0.1, 0.15) is 40.5 Å². The molecule has 0 aromatic carbocycles. The summed E-state index contributed by atoms with van der Waals surface area (Å²) in [5, 5.41) is 0.361. The molecule has 0 amide bonds. The molecule has 2 fully saturated rings. The van der Waals surface area contributed by atoms with Gasteiger partial charge in [0.05, 0.1) is 6.10 Å². The third-order valence-electron chi connectivity index (χ3n) is 4.87. The molecule has 0 bridgehead atoms. The molecular weight excluding hydrogens is 200 g/mol. The van der Waals surface area contributed by atoms with Gasteiger partial charge in [0.1, 0.15) is 0 Å². The number of fused-ring (bicyclic) bond motifs is 1. The fraction of sp³-hybridized carbons (Fsp3) is 1.00. The first-order valence-corrected chi connectivity index (χ1v) is 9.31. The zero-order valence-electron chi connectivity index (χ0n) is 11.1. The van der Waals surface area contributed by atoms with Crippen molar-refractivity contribution < 1.29 is 4.43 Å². The van der Waals surface area contributed by atoms with Crippen LogP contribution < -0.4 is 0 Å². The Kier molecular flexibility index (Phi) is 2.59. The van der Waals surface area contributed by atoms with Crippen LogP contribution in [0, 0.1) is 17.8 Å². The van der Waals surface area contributed by atoms with Gasteiger partial charge >= 0.3 is 0 Å². The van der Waals surface area contributed by atoms with Crippen LogP contribution in [0.3, 0.4) is 0 Å². The predicted molar refractivity (Wildman–Crippen MR) is 67.4 cm³/mol. The molecule has 0 heterocycles. The van der Waals surface area contributed by atoms with E-state index in [1.54, 1.807) is 0 Å². The molecule has 0 radical (unpaired) electrons. The van der Waals surface area contributed by atoms with Crippen molar-refractivity contribution in [3.8, 4) is 0 Å². The molecule has 0 N–H and O–H groups in total. The zero-order valence-corrected chi connectivity index (χ0v) is 12.1. The molecule has 2 rings (SSSR count). The van der Waals surface area contributed by atoms with Crippen molar-refractivity contribution in [3.05, 3.63) is 0 Å². The van der Waals surface area contributed by atoms with Crippen LogP contribution >= 0.6 is 0 Å². The fourth-order valence-corrected chi connectivity index (χ4v) is 4.14. The van der Waals surface area contributed by atoms with Gasteiger partial charge in [0.2, 0.25) is 0 Å². The molecule has 2 aliphatic carbocycles. The highest BCUT2D eigenvalue weighted by atomic mass is 28.4. The number of rotatable bonds is 2. The average Bonchev–Trinajstić information content (AvgIpc) is 2.71. The largest absolute Gasteiger partial charge is 0.413 e. The molecule has 0 aromatic rings. The summed E-state index contributed by atoms with van der Waals surface area (Å²) in [6.45, 7) is 14.2. The molecule has 1 nitrogen and oxygen atoms in total. The second-order valence-electron chi connectivity index (χ2n) is 7.22. The van der Waals surface area contributed by atoms with Crippen LogP contribution in [0.2, 0.25) is 18.1 Å². The van der Waals surface area contributed by atoms with Gasteiger partial charge in [0.15, 0.2) is 8.32 Å². The highest BCUT2D eigenvalue weighted by Gasteiger charge is 2.54. The summed E-state index contributed by atoms with van der Waals surface area (Å²) in [5.41, 5.74) is 0. The summed E-state index contributed by atoms with van der Waals surface area (Å²) in [6, 6.07) is 0. The van der Waals surface area contributed by atoms with Crippen LogP contribution in [-0.4, -0.2) is 14.4 Å². The minimum absolute atomic E-state index is 0.361. The molecule has 0 aliphatic heterocycles. The molecule has 2 aliphatic rings. The molecule has 0 aromatic heterocycles. The second-order valence-corrected chi connectivity index (χ2v) is 12.0. The first-order valence-electron chi connectivity index (χ1n) is 6.40. The first-order chi connectivity index (χ1) is 6.72. The van der Waals surface area contributed by atoms with E-state index in [9.17, 15) is 0 Å². The lowest BCUT2D eigenvalue weighted by atomic mass is 10.0. The van der Waals surface area contributed by atoms with Gasteiger partial charge in [0, 0.05) is 0 Å². The Morgan fingerprint density at radius 1 is 1.13 bits per heavy atom. The van der Waals surface area contributed by atoms with Crippen LogP contribution in [0.25, 0.3) is 0 Å². The van der Waals surface area contributed by atoms with E-state index < -0.39 is 8.32 Å². The highest BCUT2D eigenvalue weighted by molar-refractivity contribution is 6.74. The molecule has 2 heteroatoms. The van der Waals surface area contributed by atoms with Crippen LogP contribution in [0.5, 0.6) is 0 Å². The van der Waals surface area contributed by atoms with E-state index in [4.69, 9.17) is 4.43 Å². The van der Waals surface area contributed by atoms with Gasteiger partial charge in [-0.05, 0) is 48.7 Å². The lowest BCUT2D eigenvalue weighted by Crippen LogP contribution is -2.45. The maximum absolute atomic E-state index is 6.57. The smallest absolute Gasteiger partial charge is 0.192 e. The second kappa shape index (κ2) is 3.33. The SMILES string of the molecule is C[C@H]1C[C@@H]2C[C@@H]2[C@@H]1O[Si](C)(C)C(C)(C)C. The van der Waals surface area contributed by atoms with Crippen molar-refractivity contribution in [3.63, 3.8) is 0 Å². The van der Waals surface area contributed by atoms with E-state index in [2.05, 4.69) is 40.8 Å². The monoisotopic (exact) mass is 226 g/mol. The quantitative estimate of drug-likeness (QED) is 0.645. The lowest BCUT2D eigenvalue weighted by Gasteiger charge is -2.40.